The van der Waals surface area contributed by atoms with Crippen LogP contribution in [-0.4, -0.2) is 35.6 Å². The fourth-order valence-corrected chi connectivity index (χ4v) is 2.64. The Labute approximate surface area is 98.8 Å². The van der Waals surface area contributed by atoms with Gasteiger partial charge >= 0.3 is 5.97 Å². The van der Waals surface area contributed by atoms with Gasteiger partial charge in [0.15, 0.2) is 0 Å². The van der Waals surface area contributed by atoms with Crippen LogP contribution in [-0.2, 0) is 4.79 Å². The van der Waals surface area contributed by atoms with Gasteiger partial charge in [-0.05, 0) is 45.3 Å². The first-order chi connectivity index (χ1) is 7.64. The highest BCUT2D eigenvalue weighted by molar-refractivity contribution is 5.74. The quantitative estimate of drug-likeness (QED) is 0.758. The number of aliphatic carboxylic acids is 1. The molecule has 1 heterocycles. The maximum Gasteiger partial charge on any atom is 0.309 e. The number of nitrogens with zero attached hydrogens (tertiary/aromatic N) is 1. The van der Waals surface area contributed by atoms with E-state index in [-0.39, 0.29) is 0 Å². The van der Waals surface area contributed by atoms with E-state index in [2.05, 4.69) is 18.7 Å². The predicted molar refractivity (Wildman–Crippen MR) is 65.6 cm³/mol. The minimum atomic E-state index is -0.579. The Morgan fingerprint density at radius 2 is 1.88 bits per heavy atom. The number of rotatable bonds is 6. The van der Waals surface area contributed by atoms with Crippen LogP contribution in [0.4, 0.5) is 0 Å². The highest BCUT2D eigenvalue weighted by Crippen LogP contribution is 2.36. The third-order valence-corrected chi connectivity index (χ3v) is 3.82. The number of carbonyl (C=O) groups is 1. The molecule has 3 nitrogen and oxygen atoms in total. The largest absolute Gasteiger partial charge is 0.481 e. The van der Waals surface area contributed by atoms with Crippen LogP contribution in [0.5, 0.6) is 0 Å². The number of hydrogen-bond donors (Lipinski definition) is 1. The standard InChI is InChI=1S/C13H25NO2/c1-3-5-9-14-10-7-13(6-4-2,8-11-14)12(15)16/h3-11H2,1-2H3,(H,15,16). The first-order valence-corrected chi connectivity index (χ1v) is 6.60. The monoisotopic (exact) mass is 227 g/mol. The summed E-state index contributed by atoms with van der Waals surface area (Å²) in [4.78, 5) is 13.8. The third-order valence-electron chi connectivity index (χ3n) is 3.82. The van der Waals surface area contributed by atoms with E-state index >= 15 is 0 Å². The van der Waals surface area contributed by atoms with Gasteiger partial charge in [-0.1, -0.05) is 26.7 Å². The molecule has 0 aromatic heterocycles. The minimum absolute atomic E-state index is 0.419. The highest BCUT2D eigenvalue weighted by Gasteiger charge is 2.40. The predicted octanol–water partition coefficient (Wildman–Crippen LogP) is 2.75. The average Bonchev–Trinajstić information content (AvgIpc) is 2.28. The van der Waals surface area contributed by atoms with Crippen molar-refractivity contribution in [3.63, 3.8) is 0 Å². The van der Waals surface area contributed by atoms with E-state index in [0.29, 0.717) is 0 Å². The van der Waals surface area contributed by atoms with Crippen molar-refractivity contribution >= 4 is 5.97 Å². The van der Waals surface area contributed by atoms with Gasteiger partial charge in [0.2, 0.25) is 0 Å². The normalized spacial score (nSPS) is 20.9. The zero-order chi connectivity index (χ0) is 12.0. The van der Waals surface area contributed by atoms with E-state index in [0.717, 1.165) is 45.3 Å². The molecule has 1 N–H and O–H groups in total. The molecule has 0 amide bonds. The van der Waals surface area contributed by atoms with Gasteiger partial charge in [-0.25, -0.2) is 0 Å². The number of carboxylic acids is 1. The van der Waals surface area contributed by atoms with Gasteiger partial charge in [-0.3, -0.25) is 4.79 Å². The van der Waals surface area contributed by atoms with Gasteiger partial charge in [0.1, 0.15) is 0 Å². The Balaban J connectivity index is 2.46. The van der Waals surface area contributed by atoms with Gasteiger partial charge in [-0.15, -0.1) is 0 Å². The van der Waals surface area contributed by atoms with Crippen molar-refractivity contribution in [1.29, 1.82) is 0 Å². The van der Waals surface area contributed by atoms with E-state index in [4.69, 9.17) is 0 Å². The molecule has 0 radical (unpaired) electrons. The van der Waals surface area contributed by atoms with Crippen molar-refractivity contribution in [1.82, 2.24) is 4.90 Å². The molecular formula is C13H25NO2. The Morgan fingerprint density at radius 1 is 1.25 bits per heavy atom. The van der Waals surface area contributed by atoms with Crippen molar-refractivity contribution in [2.45, 2.75) is 52.4 Å². The number of piperidine rings is 1. The van der Waals surface area contributed by atoms with Crippen molar-refractivity contribution in [3.8, 4) is 0 Å². The first-order valence-electron chi connectivity index (χ1n) is 6.60. The van der Waals surface area contributed by atoms with Gasteiger partial charge in [-0.2, -0.15) is 0 Å². The second-order valence-corrected chi connectivity index (χ2v) is 5.03. The Morgan fingerprint density at radius 3 is 2.31 bits per heavy atom. The summed E-state index contributed by atoms with van der Waals surface area (Å²) in [6.45, 7) is 7.34. The summed E-state index contributed by atoms with van der Waals surface area (Å²) in [5, 5.41) is 9.36. The molecule has 94 valence electrons. The second kappa shape index (κ2) is 6.24. The van der Waals surface area contributed by atoms with Gasteiger partial charge in [0.25, 0.3) is 0 Å². The van der Waals surface area contributed by atoms with E-state index in [1.165, 1.54) is 12.8 Å². The van der Waals surface area contributed by atoms with E-state index in [1.54, 1.807) is 0 Å². The molecule has 0 unspecified atom stereocenters. The molecule has 0 bridgehead atoms. The van der Waals surface area contributed by atoms with Gasteiger partial charge in [0.05, 0.1) is 5.41 Å². The lowest BCUT2D eigenvalue weighted by Gasteiger charge is -2.38. The van der Waals surface area contributed by atoms with Crippen LogP contribution >= 0.6 is 0 Å². The molecule has 3 heteroatoms. The molecule has 0 atom stereocenters. The van der Waals surface area contributed by atoms with Crippen LogP contribution in [0.25, 0.3) is 0 Å². The van der Waals surface area contributed by atoms with E-state index < -0.39 is 11.4 Å². The summed E-state index contributed by atoms with van der Waals surface area (Å²) in [5.74, 6) is -0.579. The number of carboxylic acid groups (broad SMARTS) is 1. The molecule has 1 aliphatic rings. The Bertz CT molecular complexity index is 220. The smallest absolute Gasteiger partial charge is 0.309 e. The van der Waals surface area contributed by atoms with Crippen LogP contribution in [0.15, 0.2) is 0 Å². The van der Waals surface area contributed by atoms with Crippen LogP contribution in [0, 0.1) is 5.41 Å². The SMILES string of the molecule is CCCCN1CCC(CCC)(C(=O)O)CC1. The molecule has 1 rings (SSSR count). The van der Waals surface area contributed by atoms with Crippen LogP contribution in [0.1, 0.15) is 52.4 Å². The maximum atomic E-state index is 11.4. The molecule has 1 aliphatic heterocycles. The van der Waals surface area contributed by atoms with Gasteiger partial charge < -0.3 is 10.0 Å². The molecule has 1 fully saturated rings. The summed E-state index contributed by atoms with van der Waals surface area (Å²) in [5.41, 5.74) is -0.419. The minimum Gasteiger partial charge on any atom is -0.481 e. The first kappa shape index (κ1) is 13.5. The zero-order valence-electron chi connectivity index (χ0n) is 10.7. The maximum absolute atomic E-state index is 11.4. The summed E-state index contributed by atoms with van der Waals surface area (Å²) < 4.78 is 0. The molecule has 0 aromatic carbocycles. The van der Waals surface area contributed by atoms with Crippen molar-refractivity contribution in [2.75, 3.05) is 19.6 Å². The fourth-order valence-electron chi connectivity index (χ4n) is 2.64. The molecule has 0 saturated carbocycles. The lowest BCUT2D eigenvalue weighted by Crippen LogP contribution is -2.44. The fraction of sp³-hybridized carbons (Fsp3) is 0.923. The lowest BCUT2D eigenvalue weighted by atomic mass is 9.75. The summed E-state index contributed by atoms with van der Waals surface area (Å²) in [7, 11) is 0. The van der Waals surface area contributed by atoms with Crippen molar-refractivity contribution in [3.05, 3.63) is 0 Å². The van der Waals surface area contributed by atoms with Crippen LogP contribution in [0.3, 0.4) is 0 Å². The van der Waals surface area contributed by atoms with E-state index in [1.807, 2.05) is 0 Å². The molecule has 16 heavy (non-hydrogen) atoms. The van der Waals surface area contributed by atoms with Crippen LogP contribution < -0.4 is 0 Å². The van der Waals surface area contributed by atoms with Crippen molar-refractivity contribution < 1.29 is 9.90 Å². The average molecular weight is 227 g/mol. The van der Waals surface area contributed by atoms with Crippen LogP contribution in [0.2, 0.25) is 0 Å². The highest BCUT2D eigenvalue weighted by atomic mass is 16.4. The Hall–Kier alpha value is -0.570. The molecule has 1 saturated heterocycles. The zero-order valence-corrected chi connectivity index (χ0v) is 10.7. The summed E-state index contributed by atoms with van der Waals surface area (Å²) in [6.07, 6.45) is 5.92. The molecule has 0 aromatic rings. The number of hydrogen-bond acceptors (Lipinski definition) is 2. The molecular weight excluding hydrogens is 202 g/mol. The molecule has 0 aliphatic carbocycles. The third kappa shape index (κ3) is 3.21. The summed E-state index contributed by atoms with van der Waals surface area (Å²) >= 11 is 0. The second-order valence-electron chi connectivity index (χ2n) is 5.03. The Kier molecular flexibility index (Phi) is 5.26. The van der Waals surface area contributed by atoms with E-state index in [9.17, 15) is 9.90 Å². The number of likely N-dealkylation sites (tertiary alicyclic amines) is 1. The van der Waals surface area contributed by atoms with Gasteiger partial charge in [0, 0.05) is 0 Å². The van der Waals surface area contributed by atoms with Crippen molar-refractivity contribution in [2.24, 2.45) is 5.41 Å². The molecule has 0 spiro atoms. The summed E-state index contributed by atoms with van der Waals surface area (Å²) in [6, 6.07) is 0. The topological polar surface area (TPSA) is 40.5 Å². The number of unbranched alkanes of at least 4 members (excludes halogenated alkanes) is 1. The lowest BCUT2D eigenvalue weighted by molar-refractivity contribution is -0.152.